The average molecular weight is 568 g/mol. The number of H-pyrrole nitrogens is 1. The highest BCUT2D eigenvalue weighted by Gasteiger charge is 2.42. The van der Waals surface area contributed by atoms with Crippen molar-refractivity contribution in [1.29, 1.82) is 0 Å². The van der Waals surface area contributed by atoms with Crippen LogP contribution in [0.15, 0.2) is 95.9 Å². The first-order chi connectivity index (χ1) is 20.4. The van der Waals surface area contributed by atoms with Gasteiger partial charge in [-0.1, -0.05) is 54.6 Å². The van der Waals surface area contributed by atoms with Gasteiger partial charge in [0.05, 0.1) is 26.9 Å². The van der Waals surface area contributed by atoms with Gasteiger partial charge in [-0.2, -0.15) is 4.98 Å². The van der Waals surface area contributed by atoms with Gasteiger partial charge in [0.25, 0.3) is 0 Å². The van der Waals surface area contributed by atoms with Crippen LogP contribution in [0, 0.1) is 6.92 Å². The van der Waals surface area contributed by atoms with E-state index in [9.17, 15) is 9.90 Å². The van der Waals surface area contributed by atoms with Crippen molar-refractivity contribution in [3.05, 3.63) is 124 Å². The van der Waals surface area contributed by atoms with Crippen LogP contribution in [0.1, 0.15) is 35.0 Å². The zero-order valence-electron chi connectivity index (χ0n) is 23.7. The molecule has 0 bridgehead atoms. The predicted molar refractivity (Wildman–Crippen MR) is 158 cm³/mol. The Hall–Kier alpha value is -4.44. The molecule has 0 spiro atoms. The number of nitrogens with zero attached hydrogens (tertiary/aromatic N) is 2. The van der Waals surface area contributed by atoms with Crippen molar-refractivity contribution < 1.29 is 24.1 Å². The van der Waals surface area contributed by atoms with Gasteiger partial charge in [0.15, 0.2) is 0 Å². The second kappa shape index (κ2) is 11.4. The fraction of sp³-hybridized carbons (Fsp3) is 0.273. The Kier molecular flexibility index (Phi) is 7.55. The van der Waals surface area contributed by atoms with Gasteiger partial charge in [0.1, 0.15) is 35.1 Å². The molecule has 0 amide bonds. The van der Waals surface area contributed by atoms with Crippen LogP contribution >= 0.6 is 0 Å². The number of nitrogens with one attached hydrogen (secondary N) is 1. The Morgan fingerprint density at radius 3 is 2.14 bits per heavy atom. The first kappa shape index (κ1) is 27.7. The van der Waals surface area contributed by atoms with E-state index < -0.39 is 29.7 Å². The highest BCUT2D eigenvalue weighted by molar-refractivity contribution is 5.75. The number of aliphatic hydroxyl groups is 1. The smallest absolute Gasteiger partial charge is 0.351 e. The first-order valence-electron chi connectivity index (χ1n) is 13.8. The van der Waals surface area contributed by atoms with Crippen molar-refractivity contribution in [1.82, 2.24) is 14.5 Å². The van der Waals surface area contributed by atoms with Crippen LogP contribution < -0.4 is 15.2 Å². The van der Waals surface area contributed by atoms with E-state index in [4.69, 9.17) is 18.9 Å². The second-order valence-corrected chi connectivity index (χ2v) is 10.4. The maximum atomic E-state index is 12.8. The van der Waals surface area contributed by atoms with Crippen molar-refractivity contribution in [2.24, 2.45) is 0 Å². The number of aliphatic hydroxyl groups excluding tert-OH is 1. The lowest BCUT2D eigenvalue weighted by Crippen LogP contribution is -2.38. The minimum absolute atomic E-state index is 0.0539. The van der Waals surface area contributed by atoms with E-state index in [1.165, 1.54) is 4.57 Å². The van der Waals surface area contributed by atoms with E-state index in [1.807, 2.05) is 91.9 Å². The summed E-state index contributed by atoms with van der Waals surface area (Å²) in [5, 5.41) is 11.9. The topological polar surface area (TPSA) is 108 Å². The summed E-state index contributed by atoms with van der Waals surface area (Å²) in [5.74, 6) is 1.45. The summed E-state index contributed by atoms with van der Waals surface area (Å²) in [6, 6.07) is 27.3. The molecular weight excluding hydrogens is 534 g/mol. The Bertz CT molecular complexity index is 1670. The summed E-state index contributed by atoms with van der Waals surface area (Å²) in [6.07, 6.45) is -0.275. The molecule has 216 valence electrons. The molecule has 0 radical (unpaired) electrons. The molecule has 5 aromatic rings. The predicted octanol–water partition coefficient (Wildman–Crippen LogP) is 4.71. The molecule has 0 saturated carbocycles. The van der Waals surface area contributed by atoms with E-state index in [1.54, 1.807) is 20.4 Å². The molecule has 3 heterocycles. The van der Waals surface area contributed by atoms with Crippen LogP contribution in [0.2, 0.25) is 0 Å². The zero-order valence-corrected chi connectivity index (χ0v) is 23.7. The van der Waals surface area contributed by atoms with Gasteiger partial charge in [0.2, 0.25) is 0 Å². The van der Waals surface area contributed by atoms with E-state index in [0.717, 1.165) is 39.3 Å². The molecule has 2 aromatic heterocycles. The second-order valence-electron chi connectivity index (χ2n) is 10.4. The van der Waals surface area contributed by atoms with Crippen LogP contribution in [0.25, 0.3) is 11.0 Å². The number of aromatic nitrogens is 3. The number of aryl methyl sites for hydroxylation is 1. The summed E-state index contributed by atoms with van der Waals surface area (Å²) in [6.45, 7) is 1.96. The molecule has 6 rings (SSSR count). The maximum Gasteiger partial charge on any atom is 0.351 e. The van der Waals surface area contributed by atoms with Crippen LogP contribution in [-0.4, -0.2) is 52.7 Å². The number of benzene rings is 3. The van der Waals surface area contributed by atoms with E-state index in [0.29, 0.717) is 5.65 Å². The SMILES string of the molecule is COc1ccc(C(OC[C@H]2O[C@@H](n3cc4cc(C)[nH]c4nc3=O)C[C@@H]2O)(c2ccccc2)c2ccc(OC)cc2)cc1. The third kappa shape index (κ3) is 5.07. The number of aromatic amines is 1. The monoisotopic (exact) mass is 567 g/mol. The van der Waals surface area contributed by atoms with Gasteiger partial charge in [-0.25, -0.2) is 4.79 Å². The van der Waals surface area contributed by atoms with Gasteiger partial charge in [-0.3, -0.25) is 4.57 Å². The molecule has 1 fully saturated rings. The number of hydrogen-bond acceptors (Lipinski definition) is 7. The fourth-order valence-electron chi connectivity index (χ4n) is 5.67. The molecular formula is C33H33N3O6. The molecule has 0 unspecified atom stereocenters. The first-order valence-corrected chi connectivity index (χ1v) is 13.8. The summed E-state index contributed by atoms with van der Waals surface area (Å²) >= 11 is 0. The van der Waals surface area contributed by atoms with Crippen molar-refractivity contribution >= 4 is 11.0 Å². The van der Waals surface area contributed by atoms with E-state index >= 15 is 0 Å². The quantitative estimate of drug-likeness (QED) is 0.249. The molecule has 3 aromatic carbocycles. The Balaban J connectivity index is 1.36. The van der Waals surface area contributed by atoms with Crippen molar-refractivity contribution in [3.8, 4) is 11.5 Å². The number of fused-ring (bicyclic) bond motifs is 1. The number of ether oxygens (including phenoxy) is 4. The standard InChI is InChI=1S/C33H33N3O6/c1-21-17-22-19-36(32(38)35-31(22)34-21)30-18-28(37)29(42-30)20-41-33(23-7-5-4-6-8-23,24-9-13-26(39-2)14-10-24)25-11-15-27(40-3)16-12-25/h4-17,19,28-30,37H,18,20H2,1-3H3,(H,34,35,38)/t28-,29+,30+/m0/s1. The van der Waals surface area contributed by atoms with E-state index in [2.05, 4.69) is 9.97 Å². The van der Waals surface area contributed by atoms with Gasteiger partial charge in [0, 0.05) is 23.7 Å². The number of hydrogen-bond donors (Lipinski definition) is 2. The Morgan fingerprint density at radius 1 is 0.952 bits per heavy atom. The lowest BCUT2D eigenvalue weighted by Gasteiger charge is -2.37. The minimum atomic E-state index is -1.05. The van der Waals surface area contributed by atoms with Crippen LogP contribution in [0.4, 0.5) is 0 Å². The summed E-state index contributed by atoms with van der Waals surface area (Å²) in [5.41, 5.74) is 2.58. The molecule has 9 heteroatoms. The number of methoxy groups -OCH3 is 2. The van der Waals surface area contributed by atoms with Crippen LogP contribution in [0.3, 0.4) is 0 Å². The summed E-state index contributed by atoms with van der Waals surface area (Å²) in [4.78, 5) is 20.1. The minimum Gasteiger partial charge on any atom is -0.497 e. The van der Waals surface area contributed by atoms with E-state index in [-0.39, 0.29) is 13.0 Å². The maximum absolute atomic E-state index is 12.8. The summed E-state index contributed by atoms with van der Waals surface area (Å²) < 4.78 is 25.5. The highest BCUT2D eigenvalue weighted by Crippen LogP contribution is 2.42. The largest absolute Gasteiger partial charge is 0.497 e. The molecule has 9 nitrogen and oxygen atoms in total. The third-order valence-corrected chi connectivity index (χ3v) is 7.82. The van der Waals surface area contributed by atoms with Gasteiger partial charge in [-0.05, 0) is 53.9 Å². The van der Waals surface area contributed by atoms with Crippen molar-refractivity contribution in [2.75, 3.05) is 20.8 Å². The Morgan fingerprint density at radius 2 is 1.55 bits per heavy atom. The van der Waals surface area contributed by atoms with Crippen LogP contribution in [-0.2, 0) is 15.1 Å². The Labute approximate surface area is 243 Å². The van der Waals surface area contributed by atoms with Gasteiger partial charge in [-0.15, -0.1) is 0 Å². The average Bonchev–Trinajstić information content (AvgIpc) is 3.58. The molecule has 1 saturated heterocycles. The van der Waals surface area contributed by atoms with Crippen LogP contribution in [0.5, 0.6) is 11.5 Å². The lowest BCUT2D eigenvalue weighted by atomic mass is 9.80. The van der Waals surface area contributed by atoms with Crippen molar-refractivity contribution in [2.45, 2.75) is 37.4 Å². The summed E-state index contributed by atoms with van der Waals surface area (Å²) in [7, 11) is 3.26. The zero-order chi connectivity index (χ0) is 29.3. The highest BCUT2D eigenvalue weighted by atomic mass is 16.6. The molecule has 2 N–H and O–H groups in total. The van der Waals surface area contributed by atoms with Gasteiger partial charge < -0.3 is 29.0 Å². The fourth-order valence-corrected chi connectivity index (χ4v) is 5.67. The lowest BCUT2D eigenvalue weighted by molar-refractivity contribution is -0.0943. The van der Waals surface area contributed by atoms with Gasteiger partial charge >= 0.3 is 5.69 Å². The molecule has 0 aliphatic carbocycles. The molecule has 1 aliphatic heterocycles. The third-order valence-electron chi connectivity index (χ3n) is 7.82. The normalized spacial score (nSPS) is 18.8. The molecule has 1 aliphatic rings. The molecule has 3 atom stereocenters. The number of rotatable bonds is 9. The van der Waals surface area contributed by atoms with Crippen molar-refractivity contribution in [3.63, 3.8) is 0 Å². The molecule has 42 heavy (non-hydrogen) atoms.